The van der Waals surface area contributed by atoms with Crippen LogP contribution in [0.1, 0.15) is 35.7 Å². The summed E-state index contributed by atoms with van der Waals surface area (Å²) in [7, 11) is 0. The van der Waals surface area contributed by atoms with E-state index < -0.39 is 5.79 Å². The Morgan fingerprint density at radius 3 is 2.81 bits per heavy atom. The molecule has 1 atom stereocenters. The first-order chi connectivity index (χ1) is 18.0. The van der Waals surface area contributed by atoms with Gasteiger partial charge in [-0.1, -0.05) is 6.07 Å². The van der Waals surface area contributed by atoms with Crippen LogP contribution in [0.25, 0.3) is 0 Å². The Morgan fingerprint density at radius 1 is 1.24 bits per heavy atom. The Labute approximate surface area is 219 Å². The molecule has 3 aliphatic heterocycles. The maximum Gasteiger partial charge on any atom is 0.189 e. The van der Waals surface area contributed by atoms with Gasteiger partial charge >= 0.3 is 0 Å². The molecule has 2 fully saturated rings. The first kappa shape index (κ1) is 24.3. The van der Waals surface area contributed by atoms with Crippen LogP contribution >= 0.6 is 11.8 Å². The number of nitrogens with one attached hydrogen (secondary N) is 3. The number of H-pyrrole nitrogens is 1. The standard InChI is InChI=1S/C25H32FN9OS/c1-16-12-22(33-32-16)29-23-19-15-28-35(18-4-8-36-9-5-18)24(19)31-25(27,30-23)14-17-2-3-20(26)21(13-17)34-6-10-37-11-7-34/h2-3,12-13,15,18,31H,4-11,14,27H2,1H3,(H2,29,30,32,33). The quantitative estimate of drug-likeness (QED) is 0.401. The molecule has 1 aromatic carbocycles. The zero-order valence-electron chi connectivity index (χ0n) is 20.8. The molecule has 2 saturated heterocycles. The van der Waals surface area contributed by atoms with Crippen LogP contribution in [-0.4, -0.2) is 69.4 Å². The zero-order valence-corrected chi connectivity index (χ0v) is 21.7. The predicted molar refractivity (Wildman–Crippen MR) is 145 cm³/mol. The van der Waals surface area contributed by atoms with Crippen LogP contribution in [-0.2, 0) is 11.2 Å². The molecule has 0 bridgehead atoms. The lowest BCUT2D eigenvalue weighted by Gasteiger charge is -2.35. The van der Waals surface area contributed by atoms with Gasteiger partial charge in [-0.05, 0) is 37.5 Å². The lowest BCUT2D eigenvalue weighted by atomic mass is 10.0. The van der Waals surface area contributed by atoms with Gasteiger partial charge in [-0.15, -0.1) is 0 Å². The number of hydrogen-bond acceptors (Lipinski definition) is 9. The number of aryl methyl sites for hydroxylation is 1. The Morgan fingerprint density at radius 2 is 2.05 bits per heavy atom. The third-order valence-corrected chi connectivity index (χ3v) is 7.96. The van der Waals surface area contributed by atoms with Gasteiger partial charge < -0.3 is 20.3 Å². The van der Waals surface area contributed by atoms with Gasteiger partial charge in [-0.3, -0.25) is 10.8 Å². The largest absolute Gasteiger partial charge is 0.381 e. The van der Waals surface area contributed by atoms with Crippen molar-refractivity contribution in [2.45, 2.75) is 38.0 Å². The summed E-state index contributed by atoms with van der Waals surface area (Å²) < 4.78 is 22.4. The number of aromatic amines is 1. The number of hydrogen-bond donors (Lipinski definition) is 4. The van der Waals surface area contributed by atoms with E-state index >= 15 is 0 Å². The summed E-state index contributed by atoms with van der Waals surface area (Å²) >= 11 is 1.90. The minimum atomic E-state index is -1.17. The Hall–Kier alpha value is -3.09. The molecule has 12 heteroatoms. The summed E-state index contributed by atoms with van der Waals surface area (Å²) in [5, 5.41) is 18.8. The molecule has 5 N–H and O–H groups in total. The number of aromatic nitrogens is 4. The average molecular weight is 526 g/mol. The number of anilines is 3. The molecule has 0 spiro atoms. The number of fused-ring (bicyclic) bond motifs is 1. The van der Waals surface area contributed by atoms with E-state index in [9.17, 15) is 4.39 Å². The zero-order chi connectivity index (χ0) is 25.4. The number of benzene rings is 1. The van der Waals surface area contributed by atoms with Crippen LogP contribution in [0.15, 0.2) is 35.5 Å². The van der Waals surface area contributed by atoms with E-state index in [-0.39, 0.29) is 11.9 Å². The highest BCUT2D eigenvalue weighted by atomic mass is 32.2. The van der Waals surface area contributed by atoms with Gasteiger partial charge in [0.2, 0.25) is 0 Å². The monoisotopic (exact) mass is 525 g/mol. The number of ether oxygens (including phenoxy) is 1. The fraction of sp³-hybridized carbons (Fsp3) is 0.480. The van der Waals surface area contributed by atoms with E-state index in [0.29, 0.717) is 37.0 Å². The summed E-state index contributed by atoms with van der Waals surface area (Å²) in [5.41, 5.74) is 10.2. The molecule has 0 aliphatic carbocycles. The van der Waals surface area contributed by atoms with Crippen LogP contribution in [0.5, 0.6) is 0 Å². The van der Waals surface area contributed by atoms with Crippen molar-refractivity contribution in [2.75, 3.05) is 53.3 Å². The van der Waals surface area contributed by atoms with Crippen molar-refractivity contribution in [3.05, 3.63) is 53.1 Å². The molecule has 0 saturated carbocycles. The van der Waals surface area contributed by atoms with Crippen molar-refractivity contribution in [1.82, 2.24) is 20.0 Å². The van der Waals surface area contributed by atoms with Crippen LogP contribution in [0, 0.1) is 12.7 Å². The lowest BCUT2D eigenvalue weighted by Crippen LogP contribution is -2.52. The number of nitrogens with zero attached hydrogens (tertiary/aromatic N) is 5. The van der Waals surface area contributed by atoms with E-state index in [0.717, 1.165) is 60.1 Å². The maximum atomic E-state index is 14.8. The van der Waals surface area contributed by atoms with E-state index in [2.05, 4.69) is 25.7 Å². The molecule has 5 heterocycles. The fourth-order valence-electron chi connectivity index (χ4n) is 5.17. The Balaban J connectivity index is 1.34. The predicted octanol–water partition coefficient (Wildman–Crippen LogP) is 3.10. The third-order valence-electron chi connectivity index (χ3n) is 7.02. The summed E-state index contributed by atoms with van der Waals surface area (Å²) in [4.78, 5) is 7.02. The van der Waals surface area contributed by atoms with Crippen LogP contribution < -0.4 is 21.3 Å². The number of amidine groups is 1. The van der Waals surface area contributed by atoms with Crippen LogP contribution in [0.2, 0.25) is 0 Å². The first-order valence-corrected chi connectivity index (χ1v) is 13.9. The number of halogens is 1. The van der Waals surface area contributed by atoms with Gasteiger partial charge in [0.05, 0.1) is 23.5 Å². The average Bonchev–Trinajstić information content (AvgIpc) is 3.51. The molecule has 2 aromatic heterocycles. The van der Waals surface area contributed by atoms with E-state index in [1.54, 1.807) is 6.07 Å². The minimum Gasteiger partial charge on any atom is -0.381 e. The van der Waals surface area contributed by atoms with Gasteiger partial charge in [-0.2, -0.15) is 22.0 Å². The van der Waals surface area contributed by atoms with Gasteiger partial charge in [0.15, 0.2) is 11.6 Å². The summed E-state index contributed by atoms with van der Waals surface area (Å²) in [6.07, 6.45) is 3.93. The molecule has 0 amide bonds. The number of nitrogens with two attached hydrogens (primary N) is 1. The normalized spacial score (nSPS) is 22.4. The summed E-state index contributed by atoms with van der Waals surface area (Å²) in [6.45, 7) is 5.01. The second kappa shape index (κ2) is 9.99. The highest BCUT2D eigenvalue weighted by Gasteiger charge is 2.36. The van der Waals surface area contributed by atoms with E-state index in [4.69, 9.17) is 20.6 Å². The second-order valence-electron chi connectivity index (χ2n) is 9.83. The number of thioether (sulfide) groups is 1. The molecule has 6 rings (SSSR count). The number of rotatable bonds is 5. The van der Waals surface area contributed by atoms with Crippen molar-refractivity contribution < 1.29 is 9.13 Å². The molecule has 10 nitrogen and oxygen atoms in total. The summed E-state index contributed by atoms with van der Waals surface area (Å²) in [5.74, 6) is 2.67. The highest BCUT2D eigenvalue weighted by Crippen LogP contribution is 2.34. The van der Waals surface area contributed by atoms with Crippen molar-refractivity contribution in [3.8, 4) is 0 Å². The molecule has 0 radical (unpaired) electrons. The van der Waals surface area contributed by atoms with Crippen molar-refractivity contribution in [1.29, 1.82) is 0 Å². The topological polar surface area (TPSA) is 121 Å². The first-order valence-electron chi connectivity index (χ1n) is 12.7. The molecule has 196 valence electrons. The fourth-order valence-corrected chi connectivity index (χ4v) is 6.07. The molecule has 37 heavy (non-hydrogen) atoms. The Bertz CT molecular complexity index is 1300. The van der Waals surface area contributed by atoms with Crippen molar-refractivity contribution in [3.63, 3.8) is 0 Å². The smallest absolute Gasteiger partial charge is 0.189 e. The van der Waals surface area contributed by atoms with Crippen LogP contribution in [0.3, 0.4) is 0 Å². The molecular weight excluding hydrogens is 493 g/mol. The second-order valence-corrected chi connectivity index (χ2v) is 11.1. The highest BCUT2D eigenvalue weighted by molar-refractivity contribution is 7.99. The SMILES string of the molecule is Cc1cc(NC2=NC(N)(Cc3ccc(F)c(N4CCSCC4)c3)Nc3c2cnn3C2CCOCC2)n[nH]1. The molecular formula is C25H32FN9OS. The van der Waals surface area contributed by atoms with E-state index in [1.807, 2.05) is 41.7 Å². The maximum absolute atomic E-state index is 14.8. The van der Waals surface area contributed by atoms with Crippen molar-refractivity contribution >= 4 is 34.9 Å². The molecule has 1 unspecified atom stereocenters. The van der Waals surface area contributed by atoms with Gasteiger partial charge in [-0.25, -0.2) is 14.1 Å². The van der Waals surface area contributed by atoms with Crippen LogP contribution in [0.4, 0.5) is 21.7 Å². The van der Waals surface area contributed by atoms with Gasteiger partial charge in [0, 0.05) is 56.0 Å². The third kappa shape index (κ3) is 5.05. The lowest BCUT2D eigenvalue weighted by molar-refractivity contribution is 0.0667. The van der Waals surface area contributed by atoms with Gasteiger partial charge in [0.1, 0.15) is 17.5 Å². The Kier molecular flexibility index (Phi) is 6.55. The van der Waals surface area contributed by atoms with Crippen molar-refractivity contribution in [2.24, 2.45) is 10.7 Å². The molecule has 3 aromatic rings. The number of aliphatic imine (C=N–C) groups is 1. The van der Waals surface area contributed by atoms with Gasteiger partial charge in [0.25, 0.3) is 0 Å². The summed E-state index contributed by atoms with van der Waals surface area (Å²) in [6, 6.07) is 7.35. The van der Waals surface area contributed by atoms with E-state index in [1.165, 1.54) is 6.07 Å². The minimum absolute atomic E-state index is 0.204. The molecule has 3 aliphatic rings.